The lowest BCUT2D eigenvalue weighted by Gasteiger charge is -2.13. The van der Waals surface area contributed by atoms with Gasteiger partial charge in [0.05, 0.1) is 10.5 Å². The molecular formula is C10H9BrF3NO4S. The average molecular weight is 376 g/mol. The summed E-state index contributed by atoms with van der Waals surface area (Å²) in [5.41, 5.74) is -1.15. The van der Waals surface area contributed by atoms with Crippen molar-refractivity contribution in [2.45, 2.75) is 24.0 Å². The Morgan fingerprint density at radius 2 is 1.95 bits per heavy atom. The van der Waals surface area contributed by atoms with Gasteiger partial charge in [-0.25, -0.2) is 8.42 Å². The van der Waals surface area contributed by atoms with Gasteiger partial charge in [-0.3, -0.25) is 4.79 Å². The number of carboxylic acid groups (broad SMARTS) is 1. The predicted molar refractivity (Wildman–Crippen MR) is 66.6 cm³/mol. The predicted octanol–water partition coefficient (Wildman–Crippen LogP) is 2.22. The molecule has 0 aliphatic carbocycles. The van der Waals surface area contributed by atoms with E-state index in [1.54, 1.807) is 4.72 Å². The Morgan fingerprint density at radius 3 is 2.40 bits per heavy atom. The van der Waals surface area contributed by atoms with Crippen LogP contribution < -0.4 is 4.72 Å². The number of sulfonamides is 1. The minimum Gasteiger partial charge on any atom is -0.480 e. The number of nitrogens with one attached hydrogen (secondary N) is 1. The maximum atomic E-state index is 12.6. The van der Waals surface area contributed by atoms with E-state index >= 15 is 0 Å². The zero-order valence-electron chi connectivity index (χ0n) is 9.90. The van der Waals surface area contributed by atoms with Crippen molar-refractivity contribution in [2.75, 3.05) is 0 Å². The quantitative estimate of drug-likeness (QED) is 0.844. The lowest BCUT2D eigenvalue weighted by molar-refractivity contribution is -0.139. The summed E-state index contributed by atoms with van der Waals surface area (Å²) in [6.07, 6.45) is -4.70. The van der Waals surface area contributed by atoms with Crippen LogP contribution in [0.3, 0.4) is 0 Å². The fraction of sp³-hybridized carbons (Fsp3) is 0.300. The first-order valence-electron chi connectivity index (χ1n) is 5.07. The molecule has 0 spiro atoms. The zero-order chi connectivity index (χ0) is 15.7. The number of rotatable bonds is 4. The Morgan fingerprint density at radius 1 is 1.40 bits per heavy atom. The highest BCUT2D eigenvalue weighted by Crippen LogP contribution is 2.33. The van der Waals surface area contributed by atoms with E-state index in [9.17, 15) is 26.4 Å². The van der Waals surface area contributed by atoms with Gasteiger partial charge in [0.2, 0.25) is 10.0 Å². The van der Waals surface area contributed by atoms with Gasteiger partial charge in [-0.05, 0) is 41.1 Å². The molecule has 112 valence electrons. The lowest BCUT2D eigenvalue weighted by atomic mass is 10.2. The number of carbonyl (C=O) groups is 1. The van der Waals surface area contributed by atoms with Gasteiger partial charge in [0.15, 0.2) is 0 Å². The van der Waals surface area contributed by atoms with Crippen LogP contribution in [-0.4, -0.2) is 25.5 Å². The first-order valence-corrected chi connectivity index (χ1v) is 7.34. The Hall–Kier alpha value is -1.13. The van der Waals surface area contributed by atoms with E-state index in [0.717, 1.165) is 13.0 Å². The molecule has 1 rings (SSSR count). The van der Waals surface area contributed by atoms with E-state index in [1.165, 1.54) is 0 Å². The SMILES string of the molecule is C[C@H](NS(=O)(=O)c1cc(C(F)(F)F)ccc1Br)C(=O)O. The highest BCUT2D eigenvalue weighted by molar-refractivity contribution is 9.10. The van der Waals surface area contributed by atoms with E-state index in [0.29, 0.717) is 12.1 Å². The van der Waals surface area contributed by atoms with Crippen molar-refractivity contribution >= 4 is 31.9 Å². The maximum Gasteiger partial charge on any atom is 0.416 e. The van der Waals surface area contributed by atoms with Crippen LogP contribution >= 0.6 is 15.9 Å². The van der Waals surface area contributed by atoms with Gasteiger partial charge in [-0.2, -0.15) is 17.9 Å². The second-order valence-electron chi connectivity index (χ2n) is 3.82. The first kappa shape index (κ1) is 16.9. The van der Waals surface area contributed by atoms with Gasteiger partial charge in [-0.15, -0.1) is 0 Å². The van der Waals surface area contributed by atoms with Crippen molar-refractivity contribution in [3.05, 3.63) is 28.2 Å². The molecule has 0 heterocycles. The number of halogens is 4. The summed E-state index contributed by atoms with van der Waals surface area (Å²) < 4.78 is 63.1. The molecule has 5 nitrogen and oxygen atoms in total. The third-order valence-electron chi connectivity index (χ3n) is 2.25. The number of hydrogen-bond acceptors (Lipinski definition) is 3. The van der Waals surface area contributed by atoms with Gasteiger partial charge >= 0.3 is 12.1 Å². The van der Waals surface area contributed by atoms with E-state index < -0.39 is 38.7 Å². The molecule has 0 bridgehead atoms. The first-order chi connectivity index (χ1) is 8.95. The summed E-state index contributed by atoms with van der Waals surface area (Å²) in [7, 11) is -4.40. The summed E-state index contributed by atoms with van der Waals surface area (Å²) in [6.45, 7) is 1.06. The van der Waals surface area contributed by atoms with Crippen molar-refractivity contribution in [1.29, 1.82) is 0 Å². The number of carboxylic acids is 1. The summed E-state index contributed by atoms with van der Waals surface area (Å²) in [4.78, 5) is 9.92. The third-order valence-corrected chi connectivity index (χ3v) is 4.79. The van der Waals surface area contributed by atoms with Crippen LogP contribution in [0.1, 0.15) is 12.5 Å². The van der Waals surface area contributed by atoms with Crippen LogP contribution in [0.15, 0.2) is 27.6 Å². The molecule has 0 saturated heterocycles. The fourth-order valence-electron chi connectivity index (χ4n) is 1.23. The van der Waals surface area contributed by atoms with Gasteiger partial charge in [0.25, 0.3) is 0 Å². The van der Waals surface area contributed by atoms with Crippen LogP contribution in [0.5, 0.6) is 0 Å². The molecular weight excluding hydrogens is 367 g/mol. The average Bonchev–Trinajstić information content (AvgIpc) is 2.26. The minimum atomic E-state index is -4.70. The van der Waals surface area contributed by atoms with Crippen LogP contribution in [0.2, 0.25) is 0 Å². The molecule has 20 heavy (non-hydrogen) atoms. The molecule has 0 radical (unpaired) electrons. The van der Waals surface area contributed by atoms with Gasteiger partial charge in [-0.1, -0.05) is 0 Å². The number of alkyl halides is 3. The Bertz CT molecular complexity index is 630. The van der Waals surface area contributed by atoms with Crippen molar-refractivity contribution in [3.8, 4) is 0 Å². The summed E-state index contributed by atoms with van der Waals surface area (Å²) >= 11 is 2.83. The molecule has 1 aromatic carbocycles. The molecule has 0 amide bonds. The number of benzene rings is 1. The van der Waals surface area contributed by atoms with Gasteiger partial charge in [0, 0.05) is 4.47 Å². The lowest BCUT2D eigenvalue weighted by Crippen LogP contribution is -2.38. The molecule has 10 heteroatoms. The van der Waals surface area contributed by atoms with Crippen LogP contribution in [0, 0.1) is 0 Å². The topological polar surface area (TPSA) is 83.5 Å². The van der Waals surface area contributed by atoms with Crippen LogP contribution in [0.25, 0.3) is 0 Å². The van der Waals surface area contributed by atoms with Crippen molar-refractivity contribution < 1.29 is 31.5 Å². The van der Waals surface area contributed by atoms with Crippen molar-refractivity contribution in [3.63, 3.8) is 0 Å². The highest BCUT2D eigenvalue weighted by Gasteiger charge is 2.33. The zero-order valence-corrected chi connectivity index (χ0v) is 12.3. The summed E-state index contributed by atoms with van der Waals surface area (Å²) in [6, 6.07) is 0.606. The highest BCUT2D eigenvalue weighted by atomic mass is 79.9. The molecule has 0 aliphatic heterocycles. The molecule has 2 N–H and O–H groups in total. The van der Waals surface area contributed by atoms with Gasteiger partial charge in [0.1, 0.15) is 6.04 Å². The smallest absolute Gasteiger partial charge is 0.416 e. The van der Waals surface area contributed by atoms with Crippen molar-refractivity contribution in [1.82, 2.24) is 4.72 Å². The molecule has 0 saturated carbocycles. The number of hydrogen-bond donors (Lipinski definition) is 2. The van der Waals surface area contributed by atoms with Gasteiger partial charge < -0.3 is 5.11 Å². The monoisotopic (exact) mass is 375 g/mol. The van der Waals surface area contributed by atoms with E-state index in [4.69, 9.17) is 5.11 Å². The van der Waals surface area contributed by atoms with E-state index in [2.05, 4.69) is 15.9 Å². The fourth-order valence-corrected chi connectivity index (χ4v) is 3.42. The molecule has 0 unspecified atom stereocenters. The van der Waals surface area contributed by atoms with E-state index in [-0.39, 0.29) is 4.47 Å². The number of aliphatic carboxylic acids is 1. The second-order valence-corrected chi connectivity index (χ2v) is 6.36. The third kappa shape index (κ3) is 3.93. The van der Waals surface area contributed by atoms with E-state index in [1.807, 2.05) is 0 Å². The molecule has 0 aromatic heterocycles. The van der Waals surface area contributed by atoms with Crippen LogP contribution in [-0.2, 0) is 21.0 Å². The molecule has 0 fully saturated rings. The molecule has 1 atom stereocenters. The summed E-state index contributed by atoms with van der Waals surface area (Å²) in [5, 5.41) is 8.63. The largest absolute Gasteiger partial charge is 0.480 e. The second kappa shape index (κ2) is 5.70. The van der Waals surface area contributed by atoms with Crippen molar-refractivity contribution in [2.24, 2.45) is 0 Å². The van der Waals surface area contributed by atoms with Crippen LogP contribution in [0.4, 0.5) is 13.2 Å². The molecule has 1 aromatic rings. The Balaban J connectivity index is 3.28. The Kier molecular flexibility index (Phi) is 4.82. The minimum absolute atomic E-state index is 0.101. The molecule has 0 aliphatic rings. The normalized spacial score (nSPS) is 14.1. The maximum absolute atomic E-state index is 12.6. The summed E-state index contributed by atoms with van der Waals surface area (Å²) in [5.74, 6) is -1.45. The Labute approximate surface area is 121 Å². The standard InChI is InChI=1S/C10H9BrF3NO4S/c1-5(9(16)17)15-20(18,19)8-4-6(10(12,13)14)2-3-7(8)11/h2-5,15H,1H3,(H,16,17)/t5-/m0/s1.